The largest absolute Gasteiger partial charge is 0.340 e. The van der Waals surface area contributed by atoms with Crippen LogP contribution < -0.4 is 4.31 Å². The molecule has 0 bridgehead atoms. The monoisotopic (exact) mass is 381 g/mol. The lowest BCUT2D eigenvalue weighted by Gasteiger charge is -2.34. The molecule has 1 fully saturated rings. The molecule has 26 heavy (non-hydrogen) atoms. The highest BCUT2D eigenvalue weighted by Gasteiger charge is 2.23. The fraction of sp³-hybridized carbons (Fsp3) is 0.632. The van der Waals surface area contributed by atoms with Crippen molar-refractivity contribution in [3.05, 3.63) is 29.8 Å². The zero-order valence-corrected chi connectivity index (χ0v) is 17.1. The number of sulfonamides is 1. The van der Waals surface area contributed by atoms with Gasteiger partial charge in [-0.1, -0.05) is 32.9 Å². The molecule has 0 aromatic heterocycles. The fourth-order valence-corrected chi connectivity index (χ4v) is 4.11. The SMILES string of the molecule is CCN1CCN(C(=O)CCN(c2ccc(C(C)C)cc2)S(C)(=O)=O)CC1. The molecule has 0 atom stereocenters. The van der Waals surface area contributed by atoms with Gasteiger partial charge in [0.1, 0.15) is 0 Å². The molecule has 0 spiro atoms. The summed E-state index contributed by atoms with van der Waals surface area (Å²) in [4.78, 5) is 16.6. The molecular weight excluding hydrogens is 350 g/mol. The van der Waals surface area contributed by atoms with Crippen molar-refractivity contribution in [1.82, 2.24) is 9.80 Å². The van der Waals surface area contributed by atoms with Gasteiger partial charge in [0.2, 0.25) is 15.9 Å². The number of rotatable bonds is 7. The molecule has 6 nitrogen and oxygen atoms in total. The summed E-state index contributed by atoms with van der Waals surface area (Å²) in [5.74, 6) is 0.410. The molecule has 1 amide bonds. The van der Waals surface area contributed by atoms with E-state index in [0.29, 0.717) is 24.7 Å². The third-order valence-corrected chi connectivity index (χ3v) is 6.14. The van der Waals surface area contributed by atoms with Gasteiger partial charge in [0.15, 0.2) is 0 Å². The normalized spacial score (nSPS) is 16.1. The van der Waals surface area contributed by atoms with Crippen LogP contribution in [0.25, 0.3) is 0 Å². The molecular formula is C19H31N3O3S. The predicted molar refractivity (Wildman–Crippen MR) is 106 cm³/mol. The molecule has 1 heterocycles. The Balaban J connectivity index is 2.01. The summed E-state index contributed by atoms with van der Waals surface area (Å²) in [6, 6.07) is 7.54. The third kappa shape index (κ3) is 5.45. The van der Waals surface area contributed by atoms with Gasteiger partial charge in [0.25, 0.3) is 0 Å². The second-order valence-electron chi connectivity index (χ2n) is 7.15. The van der Waals surface area contributed by atoms with E-state index >= 15 is 0 Å². The lowest BCUT2D eigenvalue weighted by atomic mass is 10.0. The van der Waals surface area contributed by atoms with E-state index in [1.807, 2.05) is 29.2 Å². The van der Waals surface area contributed by atoms with Gasteiger partial charge in [0, 0.05) is 39.1 Å². The Morgan fingerprint density at radius 3 is 2.15 bits per heavy atom. The number of nitrogens with zero attached hydrogens (tertiary/aromatic N) is 3. The molecule has 1 aromatic rings. The predicted octanol–water partition coefficient (Wildman–Crippen LogP) is 2.13. The number of anilines is 1. The molecule has 0 aliphatic carbocycles. The van der Waals surface area contributed by atoms with E-state index in [4.69, 9.17) is 0 Å². The van der Waals surface area contributed by atoms with Crippen LogP contribution in [-0.4, -0.2) is 69.6 Å². The zero-order chi connectivity index (χ0) is 19.3. The summed E-state index contributed by atoms with van der Waals surface area (Å²) < 4.78 is 25.8. The highest BCUT2D eigenvalue weighted by molar-refractivity contribution is 7.92. The number of carbonyl (C=O) groups is 1. The second kappa shape index (κ2) is 8.86. The van der Waals surface area contributed by atoms with E-state index < -0.39 is 10.0 Å². The molecule has 1 saturated heterocycles. The number of likely N-dealkylation sites (N-methyl/N-ethyl adjacent to an activating group) is 1. The average Bonchev–Trinajstić information content (AvgIpc) is 2.61. The van der Waals surface area contributed by atoms with Crippen LogP contribution in [0, 0.1) is 0 Å². The van der Waals surface area contributed by atoms with Crippen molar-refractivity contribution in [3.63, 3.8) is 0 Å². The Morgan fingerprint density at radius 1 is 1.12 bits per heavy atom. The van der Waals surface area contributed by atoms with Crippen LogP contribution in [0.2, 0.25) is 0 Å². The van der Waals surface area contributed by atoms with Gasteiger partial charge in [-0.3, -0.25) is 9.10 Å². The molecule has 1 aromatic carbocycles. The summed E-state index contributed by atoms with van der Waals surface area (Å²) in [5.41, 5.74) is 1.77. The summed E-state index contributed by atoms with van der Waals surface area (Å²) in [7, 11) is -3.44. The minimum atomic E-state index is -3.44. The van der Waals surface area contributed by atoms with Gasteiger partial charge in [-0.25, -0.2) is 8.42 Å². The first-order chi connectivity index (χ1) is 12.2. The molecule has 1 aliphatic rings. The molecule has 7 heteroatoms. The lowest BCUT2D eigenvalue weighted by Crippen LogP contribution is -2.49. The van der Waals surface area contributed by atoms with Gasteiger partial charge < -0.3 is 9.80 Å². The van der Waals surface area contributed by atoms with Crippen LogP contribution in [-0.2, 0) is 14.8 Å². The molecule has 2 rings (SSSR count). The van der Waals surface area contributed by atoms with Crippen molar-refractivity contribution < 1.29 is 13.2 Å². The van der Waals surface area contributed by atoms with Gasteiger partial charge >= 0.3 is 0 Å². The third-order valence-electron chi connectivity index (χ3n) is 4.95. The van der Waals surface area contributed by atoms with E-state index in [2.05, 4.69) is 25.7 Å². The van der Waals surface area contributed by atoms with Gasteiger partial charge in [-0.2, -0.15) is 0 Å². The molecule has 0 unspecified atom stereocenters. The van der Waals surface area contributed by atoms with Crippen molar-refractivity contribution in [2.24, 2.45) is 0 Å². The quantitative estimate of drug-likeness (QED) is 0.726. The van der Waals surface area contributed by atoms with Crippen LogP contribution in [0.1, 0.15) is 38.7 Å². The number of benzene rings is 1. The Morgan fingerprint density at radius 2 is 1.69 bits per heavy atom. The maximum atomic E-state index is 12.5. The smallest absolute Gasteiger partial charge is 0.232 e. The highest BCUT2D eigenvalue weighted by Crippen LogP contribution is 2.22. The molecule has 1 aliphatic heterocycles. The minimum Gasteiger partial charge on any atom is -0.340 e. The standard InChI is InChI=1S/C19H31N3O3S/c1-5-20-12-14-21(15-13-20)19(23)10-11-22(26(4,24)25)18-8-6-17(7-9-18)16(2)3/h6-9,16H,5,10-15H2,1-4H3. The summed E-state index contributed by atoms with van der Waals surface area (Å²) in [6.45, 7) is 10.7. The summed E-state index contributed by atoms with van der Waals surface area (Å²) in [5, 5.41) is 0. The van der Waals surface area contributed by atoms with Crippen LogP contribution in [0.4, 0.5) is 5.69 Å². The minimum absolute atomic E-state index is 0.0215. The highest BCUT2D eigenvalue weighted by atomic mass is 32.2. The Labute approximate surface area is 157 Å². The Hall–Kier alpha value is -1.60. The number of hydrogen-bond acceptors (Lipinski definition) is 4. The lowest BCUT2D eigenvalue weighted by molar-refractivity contribution is -0.132. The van der Waals surface area contributed by atoms with E-state index in [0.717, 1.165) is 25.2 Å². The average molecular weight is 382 g/mol. The van der Waals surface area contributed by atoms with Crippen molar-refractivity contribution in [2.75, 3.05) is 49.8 Å². The molecule has 146 valence electrons. The maximum absolute atomic E-state index is 12.5. The van der Waals surface area contributed by atoms with Crippen molar-refractivity contribution in [1.29, 1.82) is 0 Å². The molecule has 0 N–H and O–H groups in total. The van der Waals surface area contributed by atoms with Crippen molar-refractivity contribution in [3.8, 4) is 0 Å². The topological polar surface area (TPSA) is 60.9 Å². The first-order valence-electron chi connectivity index (χ1n) is 9.30. The number of hydrogen-bond donors (Lipinski definition) is 0. The van der Waals surface area contributed by atoms with Crippen molar-refractivity contribution in [2.45, 2.75) is 33.1 Å². The number of carbonyl (C=O) groups excluding carboxylic acids is 1. The first kappa shape index (κ1) is 20.7. The Bertz CT molecular complexity index is 693. The van der Waals surface area contributed by atoms with Gasteiger partial charge in [0.05, 0.1) is 11.9 Å². The van der Waals surface area contributed by atoms with Gasteiger partial charge in [-0.05, 0) is 30.2 Å². The van der Waals surface area contributed by atoms with Crippen molar-refractivity contribution >= 4 is 21.6 Å². The Kier molecular flexibility index (Phi) is 7.06. The van der Waals surface area contributed by atoms with Crippen LogP contribution in [0.3, 0.4) is 0 Å². The maximum Gasteiger partial charge on any atom is 0.232 e. The molecule has 0 saturated carbocycles. The zero-order valence-electron chi connectivity index (χ0n) is 16.3. The van der Waals surface area contributed by atoms with Crippen LogP contribution in [0.15, 0.2) is 24.3 Å². The van der Waals surface area contributed by atoms with E-state index in [-0.39, 0.29) is 18.9 Å². The summed E-state index contributed by atoms with van der Waals surface area (Å²) in [6.07, 6.45) is 1.39. The number of piperazine rings is 1. The van der Waals surface area contributed by atoms with E-state index in [1.54, 1.807) is 0 Å². The molecule has 0 radical (unpaired) electrons. The second-order valence-corrected chi connectivity index (χ2v) is 9.05. The fourth-order valence-electron chi connectivity index (χ4n) is 3.18. The first-order valence-corrected chi connectivity index (χ1v) is 11.1. The summed E-state index contributed by atoms with van der Waals surface area (Å²) >= 11 is 0. The van der Waals surface area contributed by atoms with Gasteiger partial charge in [-0.15, -0.1) is 0 Å². The van der Waals surface area contributed by atoms with E-state index in [1.165, 1.54) is 10.6 Å². The van der Waals surface area contributed by atoms with Crippen LogP contribution >= 0.6 is 0 Å². The van der Waals surface area contributed by atoms with E-state index in [9.17, 15) is 13.2 Å². The van der Waals surface area contributed by atoms with Crippen LogP contribution in [0.5, 0.6) is 0 Å². The number of amides is 1.